The van der Waals surface area contributed by atoms with Crippen LogP contribution in [0.3, 0.4) is 0 Å². The van der Waals surface area contributed by atoms with E-state index in [1.165, 1.54) is 5.56 Å². The molecule has 0 aromatic heterocycles. The highest BCUT2D eigenvalue weighted by atomic mass is 16.5. The van der Waals surface area contributed by atoms with Gasteiger partial charge in [-0.15, -0.1) is 0 Å². The summed E-state index contributed by atoms with van der Waals surface area (Å²) in [4.78, 5) is 0. The molecule has 0 saturated heterocycles. The van der Waals surface area contributed by atoms with Crippen molar-refractivity contribution in [1.29, 1.82) is 0 Å². The summed E-state index contributed by atoms with van der Waals surface area (Å²) in [5.74, 6) is 0.968. The molecule has 1 aromatic rings. The van der Waals surface area contributed by atoms with E-state index in [2.05, 4.69) is 24.4 Å². The Morgan fingerprint density at radius 3 is 2.63 bits per heavy atom. The summed E-state index contributed by atoms with van der Waals surface area (Å²) >= 11 is 0. The Labute approximate surface area is 116 Å². The van der Waals surface area contributed by atoms with Gasteiger partial charge < -0.3 is 15.2 Å². The lowest BCUT2D eigenvalue weighted by atomic mass is 9.92. The van der Waals surface area contributed by atoms with E-state index in [1.807, 2.05) is 12.1 Å². The Morgan fingerprint density at radius 1 is 1.26 bits per heavy atom. The standard InChI is InChI=1S/C16H25NO2/c1-12(17-14-7-9-15(18)10-8-14)11-13-5-3-4-6-16(13)19-2/h3-6,12,14-15,17-18H,7-11H2,1-2H3/t12-,14?,15?/m0/s1. The van der Waals surface area contributed by atoms with E-state index in [0.717, 1.165) is 37.9 Å². The highest BCUT2D eigenvalue weighted by molar-refractivity contribution is 5.33. The van der Waals surface area contributed by atoms with Crippen molar-refractivity contribution in [3.8, 4) is 5.75 Å². The molecule has 1 saturated carbocycles. The number of ether oxygens (including phenoxy) is 1. The smallest absolute Gasteiger partial charge is 0.122 e. The Morgan fingerprint density at radius 2 is 1.95 bits per heavy atom. The zero-order chi connectivity index (χ0) is 13.7. The molecule has 1 fully saturated rings. The second-order valence-electron chi connectivity index (χ2n) is 5.59. The number of para-hydroxylation sites is 1. The normalized spacial score (nSPS) is 25.0. The van der Waals surface area contributed by atoms with E-state index >= 15 is 0 Å². The zero-order valence-corrected chi connectivity index (χ0v) is 11.9. The predicted molar refractivity (Wildman–Crippen MR) is 77.6 cm³/mol. The van der Waals surface area contributed by atoms with Gasteiger partial charge in [0.05, 0.1) is 13.2 Å². The fourth-order valence-corrected chi connectivity index (χ4v) is 2.91. The number of aliphatic hydroxyl groups is 1. The van der Waals surface area contributed by atoms with Gasteiger partial charge in [-0.3, -0.25) is 0 Å². The van der Waals surface area contributed by atoms with Gasteiger partial charge in [-0.2, -0.15) is 0 Å². The molecule has 1 aliphatic carbocycles. The maximum absolute atomic E-state index is 9.52. The Kier molecular flexibility index (Phi) is 5.23. The number of benzene rings is 1. The van der Waals surface area contributed by atoms with E-state index in [0.29, 0.717) is 12.1 Å². The second kappa shape index (κ2) is 6.92. The quantitative estimate of drug-likeness (QED) is 0.857. The number of hydrogen-bond acceptors (Lipinski definition) is 3. The molecular formula is C16H25NO2. The van der Waals surface area contributed by atoms with E-state index in [9.17, 15) is 5.11 Å². The van der Waals surface area contributed by atoms with Crippen LogP contribution < -0.4 is 10.1 Å². The average Bonchev–Trinajstić information content (AvgIpc) is 2.42. The molecule has 0 bridgehead atoms. The minimum atomic E-state index is -0.0810. The number of aliphatic hydroxyl groups excluding tert-OH is 1. The minimum Gasteiger partial charge on any atom is -0.496 e. The first-order valence-electron chi connectivity index (χ1n) is 7.25. The third-order valence-corrected chi connectivity index (χ3v) is 3.94. The van der Waals surface area contributed by atoms with Gasteiger partial charge in [-0.25, -0.2) is 0 Å². The topological polar surface area (TPSA) is 41.5 Å². The maximum atomic E-state index is 9.52. The first kappa shape index (κ1) is 14.4. The summed E-state index contributed by atoms with van der Waals surface area (Å²) in [7, 11) is 1.72. The van der Waals surface area contributed by atoms with E-state index in [1.54, 1.807) is 7.11 Å². The molecule has 0 heterocycles. The molecule has 3 heteroatoms. The van der Waals surface area contributed by atoms with Gasteiger partial charge in [0.25, 0.3) is 0 Å². The summed E-state index contributed by atoms with van der Waals surface area (Å²) in [6.45, 7) is 2.22. The van der Waals surface area contributed by atoms with Crippen molar-refractivity contribution in [1.82, 2.24) is 5.32 Å². The molecule has 1 aromatic carbocycles. The molecule has 19 heavy (non-hydrogen) atoms. The summed E-state index contributed by atoms with van der Waals surface area (Å²) in [5.41, 5.74) is 1.25. The van der Waals surface area contributed by atoms with Crippen molar-refractivity contribution in [3.63, 3.8) is 0 Å². The molecule has 0 amide bonds. The minimum absolute atomic E-state index is 0.0810. The lowest BCUT2D eigenvalue weighted by Crippen LogP contribution is -2.40. The van der Waals surface area contributed by atoms with Crippen molar-refractivity contribution in [3.05, 3.63) is 29.8 Å². The molecular weight excluding hydrogens is 238 g/mol. The summed E-state index contributed by atoms with van der Waals surface area (Å²) in [5, 5.41) is 13.2. The SMILES string of the molecule is COc1ccccc1C[C@H](C)NC1CCC(O)CC1. The van der Waals surface area contributed by atoms with Crippen LogP contribution in [-0.4, -0.2) is 30.4 Å². The third-order valence-electron chi connectivity index (χ3n) is 3.94. The number of rotatable bonds is 5. The predicted octanol–water partition coefficient (Wildman–Crippen LogP) is 2.52. The third kappa shape index (κ3) is 4.22. The van der Waals surface area contributed by atoms with Gasteiger partial charge in [-0.05, 0) is 50.7 Å². The van der Waals surface area contributed by atoms with E-state index in [-0.39, 0.29) is 6.10 Å². The van der Waals surface area contributed by atoms with Crippen molar-refractivity contribution >= 4 is 0 Å². The second-order valence-corrected chi connectivity index (χ2v) is 5.59. The first-order chi connectivity index (χ1) is 9.19. The first-order valence-corrected chi connectivity index (χ1v) is 7.25. The van der Waals surface area contributed by atoms with Crippen molar-refractivity contribution in [2.75, 3.05) is 7.11 Å². The molecule has 1 aliphatic rings. The monoisotopic (exact) mass is 263 g/mol. The van der Waals surface area contributed by atoms with Crippen molar-refractivity contribution in [2.45, 2.75) is 57.2 Å². The maximum Gasteiger partial charge on any atom is 0.122 e. The molecule has 0 spiro atoms. The lowest BCUT2D eigenvalue weighted by Gasteiger charge is -2.29. The van der Waals surface area contributed by atoms with Gasteiger partial charge in [0, 0.05) is 12.1 Å². The van der Waals surface area contributed by atoms with Crippen LogP contribution in [0.2, 0.25) is 0 Å². The highest BCUT2D eigenvalue weighted by Crippen LogP contribution is 2.21. The van der Waals surface area contributed by atoms with Crippen LogP contribution in [-0.2, 0) is 6.42 Å². The van der Waals surface area contributed by atoms with Crippen LogP contribution in [0.15, 0.2) is 24.3 Å². The van der Waals surface area contributed by atoms with Crippen molar-refractivity contribution < 1.29 is 9.84 Å². The van der Waals surface area contributed by atoms with Crippen LogP contribution in [0.4, 0.5) is 0 Å². The summed E-state index contributed by atoms with van der Waals surface area (Å²) in [6, 6.07) is 9.18. The highest BCUT2D eigenvalue weighted by Gasteiger charge is 2.20. The van der Waals surface area contributed by atoms with Gasteiger partial charge in [-0.1, -0.05) is 18.2 Å². The Hall–Kier alpha value is -1.06. The number of hydrogen-bond donors (Lipinski definition) is 2. The zero-order valence-electron chi connectivity index (χ0n) is 11.9. The van der Waals surface area contributed by atoms with Gasteiger partial charge in [0.2, 0.25) is 0 Å². The molecule has 106 valence electrons. The molecule has 0 unspecified atom stereocenters. The molecule has 0 aliphatic heterocycles. The van der Waals surface area contributed by atoms with Gasteiger partial charge >= 0.3 is 0 Å². The number of nitrogens with one attached hydrogen (secondary N) is 1. The fraction of sp³-hybridized carbons (Fsp3) is 0.625. The molecule has 0 radical (unpaired) electrons. The summed E-state index contributed by atoms with van der Waals surface area (Å²) < 4.78 is 5.39. The van der Waals surface area contributed by atoms with E-state index < -0.39 is 0 Å². The lowest BCUT2D eigenvalue weighted by molar-refractivity contribution is 0.114. The molecule has 1 atom stereocenters. The van der Waals surface area contributed by atoms with Crippen LogP contribution in [0.5, 0.6) is 5.75 Å². The fourth-order valence-electron chi connectivity index (χ4n) is 2.91. The van der Waals surface area contributed by atoms with Crippen LogP contribution in [0.25, 0.3) is 0 Å². The largest absolute Gasteiger partial charge is 0.496 e. The number of methoxy groups -OCH3 is 1. The van der Waals surface area contributed by atoms with E-state index in [4.69, 9.17) is 4.74 Å². The Bertz CT molecular complexity index is 386. The summed E-state index contributed by atoms with van der Waals surface area (Å²) in [6.07, 6.45) is 4.92. The Balaban J connectivity index is 1.85. The van der Waals surface area contributed by atoms with Crippen LogP contribution in [0.1, 0.15) is 38.2 Å². The molecule has 3 nitrogen and oxygen atoms in total. The molecule has 2 rings (SSSR count). The average molecular weight is 263 g/mol. The van der Waals surface area contributed by atoms with Gasteiger partial charge in [0.15, 0.2) is 0 Å². The van der Waals surface area contributed by atoms with Crippen molar-refractivity contribution in [2.24, 2.45) is 0 Å². The van der Waals surface area contributed by atoms with Crippen LogP contribution in [0, 0.1) is 0 Å². The molecule has 2 N–H and O–H groups in total. The van der Waals surface area contributed by atoms with Gasteiger partial charge in [0.1, 0.15) is 5.75 Å². The van der Waals surface area contributed by atoms with Crippen LogP contribution >= 0.6 is 0 Å².